The Morgan fingerprint density at radius 3 is 2.22 bits per heavy atom. The van der Waals surface area contributed by atoms with Crippen LogP contribution in [-0.2, 0) is 4.74 Å². The number of aryl methyl sites for hydroxylation is 1. The fourth-order valence-electron chi connectivity index (χ4n) is 2.44. The summed E-state index contributed by atoms with van der Waals surface area (Å²) in [4.78, 5) is 28.1. The number of esters is 1. The van der Waals surface area contributed by atoms with Crippen LogP contribution in [0.2, 0.25) is 0 Å². The lowest BCUT2D eigenvalue weighted by atomic mass is 10.2. The second-order valence-corrected chi connectivity index (χ2v) is 5.94. The number of anilines is 3. The van der Waals surface area contributed by atoms with Crippen LogP contribution < -0.4 is 10.6 Å². The van der Waals surface area contributed by atoms with Gasteiger partial charge in [0.1, 0.15) is 5.82 Å². The number of nitrogens with zero attached hydrogens (tertiary/aromatic N) is 1. The van der Waals surface area contributed by atoms with Gasteiger partial charge in [0.25, 0.3) is 5.91 Å². The van der Waals surface area contributed by atoms with Crippen LogP contribution in [0.5, 0.6) is 0 Å². The van der Waals surface area contributed by atoms with Gasteiger partial charge >= 0.3 is 5.97 Å². The Balaban J connectivity index is 1.70. The Labute approximate surface area is 157 Å². The van der Waals surface area contributed by atoms with Crippen LogP contribution in [-0.4, -0.2) is 24.0 Å². The fourth-order valence-corrected chi connectivity index (χ4v) is 2.44. The molecule has 0 bridgehead atoms. The average molecular weight is 361 g/mol. The standard InChI is InChI=1S/C21H19N3O3/c1-14-3-7-18(8-4-14)24-20(25)16-11-12-22-19(13-16)23-17-9-5-15(6-10-17)21(26)27-2/h3-13H,1-2H3,(H,22,23)(H,24,25). The van der Waals surface area contributed by atoms with Gasteiger partial charge in [0.05, 0.1) is 12.7 Å². The molecule has 27 heavy (non-hydrogen) atoms. The van der Waals surface area contributed by atoms with Gasteiger partial charge in [-0.2, -0.15) is 0 Å². The largest absolute Gasteiger partial charge is 0.465 e. The van der Waals surface area contributed by atoms with Crippen molar-refractivity contribution in [2.75, 3.05) is 17.7 Å². The van der Waals surface area contributed by atoms with Gasteiger partial charge < -0.3 is 15.4 Å². The predicted octanol–water partition coefficient (Wildman–Crippen LogP) is 4.17. The third-order valence-electron chi connectivity index (χ3n) is 3.91. The number of benzene rings is 2. The highest BCUT2D eigenvalue weighted by atomic mass is 16.5. The van der Waals surface area contributed by atoms with E-state index in [-0.39, 0.29) is 5.91 Å². The Hall–Kier alpha value is -3.67. The van der Waals surface area contributed by atoms with Crippen molar-refractivity contribution >= 4 is 29.1 Å². The Kier molecular flexibility index (Phi) is 5.47. The van der Waals surface area contributed by atoms with E-state index in [1.165, 1.54) is 7.11 Å². The van der Waals surface area contributed by atoms with Crippen LogP contribution in [0.3, 0.4) is 0 Å². The van der Waals surface area contributed by atoms with E-state index in [1.54, 1.807) is 42.6 Å². The smallest absolute Gasteiger partial charge is 0.337 e. The van der Waals surface area contributed by atoms with Crippen molar-refractivity contribution in [3.63, 3.8) is 0 Å². The van der Waals surface area contributed by atoms with E-state index in [0.29, 0.717) is 16.9 Å². The Morgan fingerprint density at radius 2 is 1.56 bits per heavy atom. The molecular formula is C21H19N3O3. The van der Waals surface area contributed by atoms with E-state index in [1.807, 2.05) is 31.2 Å². The minimum atomic E-state index is -0.394. The van der Waals surface area contributed by atoms with Crippen LogP contribution in [0.4, 0.5) is 17.2 Å². The summed E-state index contributed by atoms with van der Waals surface area (Å²) in [5.41, 5.74) is 3.55. The first-order valence-corrected chi connectivity index (χ1v) is 8.34. The summed E-state index contributed by atoms with van der Waals surface area (Å²) in [6, 6.07) is 17.7. The maximum absolute atomic E-state index is 12.4. The van der Waals surface area contributed by atoms with Crippen LogP contribution >= 0.6 is 0 Å². The van der Waals surface area contributed by atoms with Gasteiger partial charge in [-0.3, -0.25) is 4.79 Å². The molecule has 0 radical (unpaired) electrons. The molecule has 136 valence electrons. The Bertz CT molecular complexity index is 951. The summed E-state index contributed by atoms with van der Waals surface area (Å²) in [5.74, 6) is -0.0860. The molecule has 0 aliphatic heterocycles. The van der Waals surface area contributed by atoms with Crippen LogP contribution in [0.25, 0.3) is 0 Å². The lowest BCUT2D eigenvalue weighted by molar-refractivity contribution is 0.0600. The van der Waals surface area contributed by atoms with Crippen LogP contribution in [0.1, 0.15) is 26.3 Å². The molecule has 0 unspecified atom stereocenters. The number of hydrogen-bond acceptors (Lipinski definition) is 5. The maximum atomic E-state index is 12.4. The summed E-state index contributed by atoms with van der Waals surface area (Å²) < 4.78 is 4.68. The summed E-state index contributed by atoms with van der Waals surface area (Å²) in [6.07, 6.45) is 1.56. The number of aromatic nitrogens is 1. The molecule has 3 rings (SSSR count). The molecule has 0 atom stereocenters. The second-order valence-electron chi connectivity index (χ2n) is 5.94. The Morgan fingerprint density at radius 1 is 0.889 bits per heavy atom. The first-order valence-electron chi connectivity index (χ1n) is 8.34. The van der Waals surface area contributed by atoms with E-state index in [9.17, 15) is 9.59 Å². The minimum Gasteiger partial charge on any atom is -0.465 e. The van der Waals surface area contributed by atoms with E-state index < -0.39 is 5.97 Å². The number of carbonyl (C=O) groups is 2. The summed E-state index contributed by atoms with van der Waals surface area (Å²) in [5, 5.41) is 5.97. The lowest BCUT2D eigenvalue weighted by Gasteiger charge is -2.09. The molecule has 0 spiro atoms. The summed E-state index contributed by atoms with van der Waals surface area (Å²) in [7, 11) is 1.34. The highest BCUT2D eigenvalue weighted by Crippen LogP contribution is 2.18. The molecule has 0 saturated heterocycles. The number of pyridine rings is 1. The minimum absolute atomic E-state index is 0.217. The number of hydrogen-bond donors (Lipinski definition) is 2. The van der Waals surface area contributed by atoms with Gasteiger partial charge in [-0.25, -0.2) is 9.78 Å². The lowest BCUT2D eigenvalue weighted by Crippen LogP contribution is -2.12. The molecule has 1 aromatic heterocycles. The van der Waals surface area contributed by atoms with Gasteiger partial charge in [-0.1, -0.05) is 17.7 Å². The third kappa shape index (κ3) is 4.70. The molecule has 0 saturated carbocycles. The van der Waals surface area contributed by atoms with E-state index in [4.69, 9.17) is 0 Å². The van der Waals surface area contributed by atoms with E-state index in [2.05, 4.69) is 20.4 Å². The van der Waals surface area contributed by atoms with Crippen molar-refractivity contribution in [1.29, 1.82) is 0 Å². The topological polar surface area (TPSA) is 80.3 Å². The third-order valence-corrected chi connectivity index (χ3v) is 3.91. The van der Waals surface area contributed by atoms with Gasteiger partial charge in [0.2, 0.25) is 0 Å². The molecule has 2 N–H and O–H groups in total. The van der Waals surface area contributed by atoms with Crippen molar-refractivity contribution in [3.8, 4) is 0 Å². The van der Waals surface area contributed by atoms with E-state index in [0.717, 1.165) is 16.9 Å². The molecule has 0 fully saturated rings. The fraction of sp³-hybridized carbons (Fsp3) is 0.0952. The van der Waals surface area contributed by atoms with Gasteiger partial charge in [0, 0.05) is 23.1 Å². The first-order chi connectivity index (χ1) is 13.0. The number of rotatable bonds is 5. The van der Waals surface area contributed by atoms with Gasteiger partial charge in [0.15, 0.2) is 0 Å². The zero-order valence-electron chi connectivity index (χ0n) is 15.0. The highest BCUT2D eigenvalue weighted by molar-refractivity contribution is 6.04. The molecular weight excluding hydrogens is 342 g/mol. The van der Waals surface area contributed by atoms with Gasteiger partial charge in [-0.05, 0) is 55.5 Å². The van der Waals surface area contributed by atoms with Crippen molar-refractivity contribution in [1.82, 2.24) is 4.98 Å². The molecule has 2 aromatic carbocycles. The highest BCUT2D eigenvalue weighted by Gasteiger charge is 2.09. The average Bonchev–Trinajstić information content (AvgIpc) is 2.70. The summed E-state index contributed by atoms with van der Waals surface area (Å²) in [6.45, 7) is 1.99. The quantitative estimate of drug-likeness (QED) is 0.667. The monoisotopic (exact) mass is 361 g/mol. The number of carbonyl (C=O) groups excluding carboxylic acids is 2. The van der Waals surface area contributed by atoms with Crippen molar-refractivity contribution in [3.05, 3.63) is 83.6 Å². The summed E-state index contributed by atoms with van der Waals surface area (Å²) >= 11 is 0. The van der Waals surface area contributed by atoms with Crippen molar-refractivity contribution in [2.24, 2.45) is 0 Å². The molecule has 1 heterocycles. The van der Waals surface area contributed by atoms with E-state index >= 15 is 0 Å². The zero-order chi connectivity index (χ0) is 19.2. The molecule has 1 amide bonds. The molecule has 3 aromatic rings. The van der Waals surface area contributed by atoms with Crippen molar-refractivity contribution in [2.45, 2.75) is 6.92 Å². The number of methoxy groups -OCH3 is 1. The number of ether oxygens (including phenoxy) is 1. The second kappa shape index (κ2) is 8.14. The maximum Gasteiger partial charge on any atom is 0.337 e. The number of nitrogens with one attached hydrogen (secondary N) is 2. The van der Waals surface area contributed by atoms with Gasteiger partial charge in [-0.15, -0.1) is 0 Å². The number of amides is 1. The SMILES string of the molecule is COC(=O)c1ccc(Nc2cc(C(=O)Nc3ccc(C)cc3)ccn2)cc1. The molecule has 6 heteroatoms. The molecule has 6 nitrogen and oxygen atoms in total. The van der Waals surface area contributed by atoms with Crippen LogP contribution in [0.15, 0.2) is 66.9 Å². The van der Waals surface area contributed by atoms with Crippen LogP contribution in [0, 0.1) is 6.92 Å². The first kappa shape index (κ1) is 18.1. The zero-order valence-corrected chi connectivity index (χ0v) is 15.0. The predicted molar refractivity (Wildman–Crippen MR) is 104 cm³/mol. The molecule has 0 aliphatic carbocycles. The van der Waals surface area contributed by atoms with Crippen molar-refractivity contribution < 1.29 is 14.3 Å². The normalized spacial score (nSPS) is 10.1. The molecule has 0 aliphatic rings.